The maximum atomic E-state index is 13.4. The highest BCUT2D eigenvalue weighted by molar-refractivity contribution is 5.99. The number of benzene rings is 1. The summed E-state index contributed by atoms with van der Waals surface area (Å²) in [5.41, 5.74) is 6.56. The second-order valence-corrected chi connectivity index (χ2v) is 9.35. The molecular weight excluding hydrogens is 428 g/mol. The van der Waals surface area contributed by atoms with Gasteiger partial charge in [0.2, 0.25) is 5.95 Å². The number of H-pyrrole nitrogens is 1. The molecule has 0 saturated heterocycles. The molecule has 2 aromatic heterocycles. The van der Waals surface area contributed by atoms with E-state index in [1.807, 2.05) is 45.0 Å². The Morgan fingerprint density at radius 1 is 1.15 bits per heavy atom. The molecule has 1 aromatic carbocycles. The number of hydrogen-bond donors (Lipinski definition) is 2. The summed E-state index contributed by atoms with van der Waals surface area (Å²) in [5.74, 6) is 0.444. The van der Waals surface area contributed by atoms with Gasteiger partial charge in [-0.25, -0.2) is 9.97 Å². The van der Waals surface area contributed by atoms with Crippen LogP contribution in [0.4, 0.5) is 11.6 Å². The number of aromatic amines is 1. The van der Waals surface area contributed by atoms with E-state index in [0.29, 0.717) is 23.1 Å². The Morgan fingerprint density at radius 3 is 2.47 bits per heavy atom. The fourth-order valence-electron chi connectivity index (χ4n) is 4.50. The summed E-state index contributed by atoms with van der Waals surface area (Å²) in [7, 11) is 3.79. The van der Waals surface area contributed by atoms with E-state index < -0.39 is 0 Å². The second kappa shape index (κ2) is 9.29. The number of nitrogens with zero attached hydrogens (tertiary/aromatic N) is 4. The maximum absolute atomic E-state index is 13.4. The van der Waals surface area contributed by atoms with Crippen molar-refractivity contribution in [1.29, 1.82) is 0 Å². The Labute approximate surface area is 200 Å². The van der Waals surface area contributed by atoms with Gasteiger partial charge in [-0.15, -0.1) is 0 Å². The van der Waals surface area contributed by atoms with Crippen molar-refractivity contribution >= 4 is 17.5 Å². The van der Waals surface area contributed by atoms with Gasteiger partial charge >= 0.3 is 0 Å². The first-order valence-electron chi connectivity index (χ1n) is 11.6. The van der Waals surface area contributed by atoms with E-state index >= 15 is 0 Å². The first-order valence-corrected chi connectivity index (χ1v) is 11.6. The minimum absolute atomic E-state index is 0.166. The number of rotatable bonds is 6. The molecule has 0 spiro atoms. The summed E-state index contributed by atoms with van der Waals surface area (Å²) in [6.45, 7) is 9.09. The molecule has 0 saturated carbocycles. The molecular formula is C26H32N6O2. The number of pyridine rings is 1. The minimum atomic E-state index is -0.186. The van der Waals surface area contributed by atoms with Crippen LogP contribution >= 0.6 is 0 Å². The lowest BCUT2D eigenvalue weighted by molar-refractivity contribution is 0.0950. The number of aromatic nitrogens is 3. The first-order chi connectivity index (χ1) is 16.2. The summed E-state index contributed by atoms with van der Waals surface area (Å²) in [4.78, 5) is 41.7. The molecule has 0 aliphatic carbocycles. The van der Waals surface area contributed by atoms with Crippen molar-refractivity contribution in [3.63, 3.8) is 0 Å². The van der Waals surface area contributed by atoms with Crippen LogP contribution in [0.3, 0.4) is 0 Å². The highest BCUT2D eigenvalue weighted by atomic mass is 16.1. The quantitative estimate of drug-likeness (QED) is 0.587. The number of carbonyl (C=O) groups is 1. The standard InChI is InChI=1S/C26H32N6O2/c1-15(2)32-8-7-20-21(24(33)27-14-22-16(3)9-17(4)30-25(22)34)10-18(11-23(20)32)19-12-28-26(29-13-19)31(5)6/h9-13,15H,7-8,14H2,1-6H3,(H,27,33)(H,30,34). The third kappa shape index (κ3) is 4.53. The predicted molar refractivity (Wildman–Crippen MR) is 136 cm³/mol. The van der Waals surface area contributed by atoms with Gasteiger partial charge in [0, 0.05) is 73.7 Å². The van der Waals surface area contributed by atoms with Crippen molar-refractivity contribution in [2.24, 2.45) is 0 Å². The van der Waals surface area contributed by atoms with Gasteiger partial charge in [-0.1, -0.05) is 0 Å². The van der Waals surface area contributed by atoms with Crippen LogP contribution < -0.4 is 20.7 Å². The average Bonchev–Trinajstić information content (AvgIpc) is 3.22. The van der Waals surface area contributed by atoms with Crippen molar-refractivity contribution in [2.75, 3.05) is 30.4 Å². The highest BCUT2D eigenvalue weighted by Gasteiger charge is 2.27. The van der Waals surface area contributed by atoms with Gasteiger partial charge in [-0.3, -0.25) is 9.59 Å². The number of hydrogen-bond acceptors (Lipinski definition) is 6. The first kappa shape index (κ1) is 23.5. The molecule has 178 valence electrons. The molecule has 0 radical (unpaired) electrons. The van der Waals surface area contributed by atoms with E-state index in [-0.39, 0.29) is 18.0 Å². The summed E-state index contributed by atoms with van der Waals surface area (Å²) in [6.07, 6.45) is 4.38. The zero-order chi connectivity index (χ0) is 24.6. The number of amides is 1. The smallest absolute Gasteiger partial charge is 0.253 e. The molecule has 34 heavy (non-hydrogen) atoms. The molecule has 0 bridgehead atoms. The van der Waals surface area contributed by atoms with Crippen LogP contribution in [0.25, 0.3) is 11.1 Å². The van der Waals surface area contributed by atoms with Gasteiger partial charge in [-0.05, 0) is 69.0 Å². The lowest BCUT2D eigenvalue weighted by Crippen LogP contribution is -2.29. The van der Waals surface area contributed by atoms with Crippen molar-refractivity contribution in [3.8, 4) is 11.1 Å². The van der Waals surface area contributed by atoms with Gasteiger partial charge in [0.15, 0.2) is 0 Å². The summed E-state index contributed by atoms with van der Waals surface area (Å²) >= 11 is 0. The molecule has 8 nitrogen and oxygen atoms in total. The van der Waals surface area contributed by atoms with Crippen LogP contribution in [0.15, 0.2) is 35.4 Å². The van der Waals surface area contributed by atoms with Gasteiger partial charge < -0.3 is 20.1 Å². The third-order valence-electron chi connectivity index (χ3n) is 6.30. The Balaban J connectivity index is 1.71. The average molecular weight is 461 g/mol. The molecule has 0 atom stereocenters. The van der Waals surface area contributed by atoms with Crippen LogP contribution in [0.2, 0.25) is 0 Å². The summed E-state index contributed by atoms with van der Waals surface area (Å²) in [6, 6.07) is 6.27. The maximum Gasteiger partial charge on any atom is 0.253 e. The van der Waals surface area contributed by atoms with E-state index in [1.54, 1.807) is 12.4 Å². The number of anilines is 2. The number of nitrogens with one attached hydrogen (secondary N) is 2. The molecule has 1 aliphatic rings. The normalized spacial score (nSPS) is 12.7. The Bertz CT molecular complexity index is 1280. The molecule has 4 rings (SSSR count). The van der Waals surface area contributed by atoms with E-state index in [4.69, 9.17) is 0 Å². The van der Waals surface area contributed by atoms with Crippen LogP contribution in [-0.2, 0) is 13.0 Å². The van der Waals surface area contributed by atoms with Crippen molar-refractivity contribution in [1.82, 2.24) is 20.3 Å². The van der Waals surface area contributed by atoms with E-state index in [1.165, 1.54) is 0 Å². The summed E-state index contributed by atoms with van der Waals surface area (Å²) in [5, 5.41) is 2.98. The number of aryl methyl sites for hydroxylation is 2. The molecule has 3 aromatic rings. The lowest BCUT2D eigenvalue weighted by atomic mass is 9.97. The number of fused-ring (bicyclic) bond motifs is 1. The van der Waals surface area contributed by atoms with Gasteiger partial charge in [0.05, 0.1) is 0 Å². The monoisotopic (exact) mass is 460 g/mol. The van der Waals surface area contributed by atoms with Crippen LogP contribution in [0, 0.1) is 13.8 Å². The fraction of sp³-hybridized carbons (Fsp3) is 0.385. The minimum Gasteiger partial charge on any atom is -0.369 e. The second-order valence-electron chi connectivity index (χ2n) is 9.35. The molecule has 0 unspecified atom stereocenters. The largest absolute Gasteiger partial charge is 0.369 e. The van der Waals surface area contributed by atoms with Crippen LogP contribution in [-0.4, -0.2) is 47.5 Å². The van der Waals surface area contributed by atoms with E-state index in [0.717, 1.165) is 46.6 Å². The Hall–Kier alpha value is -3.68. The molecule has 1 amide bonds. The van der Waals surface area contributed by atoms with Crippen molar-refractivity contribution in [2.45, 2.75) is 46.7 Å². The molecule has 8 heteroatoms. The fourth-order valence-corrected chi connectivity index (χ4v) is 4.50. The zero-order valence-electron chi connectivity index (χ0n) is 20.7. The SMILES string of the molecule is Cc1cc(C)c(CNC(=O)c2cc(-c3cnc(N(C)C)nc3)cc3c2CCN3C(C)C)c(=O)[nH]1. The summed E-state index contributed by atoms with van der Waals surface area (Å²) < 4.78 is 0. The van der Waals surface area contributed by atoms with Crippen molar-refractivity contribution in [3.05, 3.63) is 68.9 Å². The van der Waals surface area contributed by atoms with E-state index in [2.05, 4.69) is 45.1 Å². The topological polar surface area (TPSA) is 94.2 Å². The number of carbonyl (C=O) groups excluding carboxylic acids is 1. The van der Waals surface area contributed by atoms with Gasteiger partial charge in [-0.2, -0.15) is 0 Å². The Kier molecular flexibility index (Phi) is 6.41. The van der Waals surface area contributed by atoms with Crippen LogP contribution in [0.1, 0.15) is 46.6 Å². The van der Waals surface area contributed by atoms with Crippen molar-refractivity contribution < 1.29 is 4.79 Å². The molecule has 3 heterocycles. The lowest BCUT2D eigenvalue weighted by Gasteiger charge is -2.25. The highest BCUT2D eigenvalue weighted by Crippen LogP contribution is 2.36. The third-order valence-corrected chi connectivity index (χ3v) is 6.30. The van der Waals surface area contributed by atoms with Gasteiger partial charge in [0.1, 0.15) is 0 Å². The Morgan fingerprint density at radius 2 is 1.85 bits per heavy atom. The predicted octanol–water partition coefficient (Wildman–Crippen LogP) is 3.22. The van der Waals surface area contributed by atoms with Crippen LogP contribution in [0.5, 0.6) is 0 Å². The molecule has 1 aliphatic heterocycles. The van der Waals surface area contributed by atoms with E-state index in [9.17, 15) is 9.59 Å². The zero-order valence-corrected chi connectivity index (χ0v) is 20.7. The molecule has 0 fully saturated rings. The van der Waals surface area contributed by atoms with Gasteiger partial charge in [0.25, 0.3) is 11.5 Å². The molecule has 2 N–H and O–H groups in total.